The Morgan fingerprint density at radius 2 is 2.04 bits per heavy atom. The number of benzene rings is 1. The first-order valence-electron chi connectivity index (χ1n) is 8.06. The summed E-state index contributed by atoms with van der Waals surface area (Å²) in [6.07, 6.45) is 4.80. The number of rotatable bonds is 6. The average molecular weight is 336 g/mol. The first kappa shape index (κ1) is 16.7. The second-order valence-electron chi connectivity index (χ2n) is 5.70. The molecule has 0 spiro atoms. The van der Waals surface area contributed by atoms with E-state index < -0.39 is 6.10 Å². The lowest BCUT2D eigenvalue weighted by atomic mass is 10.1. The Labute approximate surface area is 146 Å². The van der Waals surface area contributed by atoms with Gasteiger partial charge in [-0.1, -0.05) is 24.3 Å². The number of carbonyl (C=O) groups is 1. The van der Waals surface area contributed by atoms with Crippen LogP contribution in [0.1, 0.15) is 12.5 Å². The summed E-state index contributed by atoms with van der Waals surface area (Å²) in [6, 6.07) is 13.1. The molecule has 0 aliphatic carbocycles. The minimum atomic E-state index is -0.582. The summed E-state index contributed by atoms with van der Waals surface area (Å²) in [5.74, 6) is 0.493. The van der Waals surface area contributed by atoms with Crippen LogP contribution in [-0.2, 0) is 18.4 Å². The maximum Gasteiger partial charge on any atom is 0.261 e. The van der Waals surface area contributed by atoms with Crippen molar-refractivity contribution in [1.29, 1.82) is 0 Å². The summed E-state index contributed by atoms with van der Waals surface area (Å²) in [6.45, 7) is 2.10. The van der Waals surface area contributed by atoms with Crippen molar-refractivity contribution in [1.82, 2.24) is 20.1 Å². The van der Waals surface area contributed by atoms with E-state index in [9.17, 15) is 4.79 Å². The lowest BCUT2D eigenvalue weighted by Gasteiger charge is -2.15. The Bertz CT molecular complexity index is 845. The number of hydrogen-bond donors (Lipinski definition) is 1. The van der Waals surface area contributed by atoms with Crippen molar-refractivity contribution in [2.45, 2.75) is 19.6 Å². The van der Waals surface area contributed by atoms with Crippen LogP contribution < -0.4 is 10.1 Å². The predicted molar refractivity (Wildman–Crippen MR) is 94.8 cm³/mol. The van der Waals surface area contributed by atoms with Crippen LogP contribution in [0.25, 0.3) is 11.3 Å². The standard InChI is InChI=1S/C19H20N4O2/c1-14(25-17-8-4-3-5-9-17)19(24)21-11-15-7-6-10-20-18(15)16-12-22-23(2)13-16/h3-10,12-14H,11H2,1-2H3,(H,21,24)/t14-/m0/s1. The summed E-state index contributed by atoms with van der Waals surface area (Å²) in [5.41, 5.74) is 2.66. The van der Waals surface area contributed by atoms with Gasteiger partial charge in [0.2, 0.25) is 0 Å². The molecule has 3 rings (SSSR count). The van der Waals surface area contributed by atoms with Crippen molar-refractivity contribution in [2.24, 2.45) is 7.05 Å². The van der Waals surface area contributed by atoms with Crippen LogP contribution in [0.2, 0.25) is 0 Å². The average Bonchev–Trinajstić information content (AvgIpc) is 3.07. The molecular weight excluding hydrogens is 316 g/mol. The van der Waals surface area contributed by atoms with E-state index >= 15 is 0 Å². The highest BCUT2D eigenvalue weighted by Gasteiger charge is 2.15. The molecule has 0 bridgehead atoms. The van der Waals surface area contributed by atoms with Gasteiger partial charge in [-0.05, 0) is 30.7 Å². The van der Waals surface area contributed by atoms with Crippen molar-refractivity contribution >= 4 is 5.91 Å². The van der Waals surface area contributed by atoms with Crippen LogP contribution in [0.15, 0.2) is 61.1 Å². The van der Waals surface area contributed by atoms with Crippen molar-refractivity contribution in [3.63, 3.8) is 0 Å². The molecule has 25 heavy (non-hydrogen) atoms. The highest BCUT2D eigenvalue weighted by Crippen LogP contribution is 2.20. The molecule has 0 saturated carbocycles. The van der Waals surface area contributed by atoms with Crippen molar-refractivity contribution in [3.8, 4) is 17.0 Å². The number of ether oxygens (including phenoxy) is 1. The van der Waals surface area contributed by atoms with E-state index in [1.165, 1.54) is 0 Å². The van der Waals surface area contributed by atoms with Gasteiger partial charge in [-0.15, -0.1) is 0 Å². The van der Waals surface area contributed by atoms with Gasteiger partial charge < -0.3 is 10.1 Å². The molecule has 2 aromatic heterocycles. The third-order valence-electron chi connectivity index (χ3n) is 3.75. The zero-order chi connectivity index (χ0) is 17.6. The molecule has 0 aliphatic rings. The molecular formula is C19H20N4O2. The fraction of sp³-hybridized carbons (Fsp3) is 0.211. The number of pyridine rings is 1. The van der Waals surface area contributed by atoms with E-state index in [0.717, 1.165) is 16.8 Å². The molecule has 1 atom stereocenters. The van der Waals surface area contributed by atoms with E-state index in [1.54, 1.807) is 24.0 Å². The molecule has 3 aromatic rings. The quantitative estimate of drug-likeness (QED) is 0.751. The lowest BCUT2D eigenvalue weighted by molar-refractivity contribution is -0.127. The van der Waals surface area contributed by atoms with Crippen LogP contribution in [0.4, 0.5) is 0 Å². The third-order valence-corrected chi connectivity index (χ3v) is 3.75. The van der Waals surface area contributed by atoms with E-state index in [4.69, 9.17) is 4.74 Å². The van der Waals surface area contributed by atoms with Gasteiger partial charge in [-0.3, -0.25) is 14.5 Å². The largest absolute Gasteiger partial charge is 0.481 e. The fourth-order valence-electron chi connectivity index (χ4n) is 2.47. The summed E-state index contributed by atoms with van der Waals surface area (Å²) in [7, 11) is 1.86. The van der Waals surface area contributed by atoms with Gasteiger partial charge in [-0.25, -0.2) is 0 Å². The number of nitrogens with one attached hydrogen (secondary N) is 1. The van der Waals surface area contributed by atoms with Gasteiger partial charge in [0.25, 0.3) is 5.91 Å². The van der Waals surface area contributed by atoms with Crippen LogP contribution in [0.3, 0.4) is 0 Å². The highest BCUT2D eigenvalue weighted by molar-refractivity contribution is 5.80. The molecule has 2 heterocycles. The molecule has 0 aliphatic heterocycles. The zero-order valence-electron chi connectivity index (χ0n) is 14.2. The smallest absolute Gasteiger partial charge is 0.261 e. The summed E-state index contributed by atoms with van der Waals surface area (Å²) < 4.78 is 7.37. The number of hydrogen-bond acceptors (Lipinski definition) is 4. The molecule has 1 N–H and O–H groups in total. The molecule has 0 unspecified atom stereocenters. The van der Waals surface area contributed by atoms with Gasteiger partial charge in [0.05, 0.1) is 11.9 Å². The van der Waals surface area contributed by atoms with Gasteiger partial charge in [0, 0.05) is 31.5 Å². The van der Waals surface area contributed by atoms with E-state index in [2.05, 4.69) is 15.4 Å². The first-order chi connectivity index (χ1) is 12.1. The monoisotopic (exact) mass is 336 g/mol. The normalized spacial score (nSPS) is 11.8. The molecule has 6 nitrogen and oxygen atoms in total. The van der Waals surface area contributed by atoms with Crippen molar-refractivity contribution in [2.75, 3.05) is 0 Å². The fourth-order valence-corrected chi connectivity index (χ4v) is 2.47. The minimum Gasteiger partial charge on any atom is -0.481 e. The number of para-hydroxylation sites is 1. The topological polar surface area (TPSA) is 69.0 Å². The zero-order valence-corrected chi connectivity index (χ0v) is 14.2. The lowest BCUT2D eigenvalue weighted by Crippen LogP contribution is -2.36. The number of aryl methyl sites for hydroxylation is 1. The van der Waals surface area contributed by atoms with Gasteiger partial charge >= 0.3 is 0 Å². The Hall–Kier alpha value is -3.15. The second-order valence-corrected chi connectivity index (χ2v) is 5.70. The molecule has 0 fully saturated rings. The molecule has 0 radical (unpaired) electrons. The van der Waals surface area contributed by atoms with Crippen LogP contribution in [0.5, 0.6) is 5.75 Å². The molecule has 1 aromatic carbocycles. The van der Waals surface area contributed by atoms with Gasteiger partial charge in [0.1, 0.15) is 5.75 Å². The van der Waals surface area contributed by atoms with Gasteiger partial charge in [-0.2, -0.15) is 5.10 Å². The number of carbonyl (C=O) groups excluding carboxylic acids is 1. The third kappa shape index (κ3) is 4.23. The Kier molecular flexibility index (Phi) is 5.09. The number of aromatic nitrogens is 3. The van der Waals surface area contributed by atoms with Crippen molar-refractivity contribution in [3.05, 3.63) is 66.6 Å². The Morgan fingerprint density at radius 1 is 1.24 bits per heavy atom. The predicted octanol–water partition coefficient (Wildman–Crippen LogP) is 2.57. The summed E-state index contributed by atoms with van der Waals surface area (Å²) in [4.78, 5) is 16.7. The molecule has 128 valence electrons. The number of nitrogens with zero attached hydrogens (tertiary/aromatic N) is 3. The molecule has 1 amide bonds. The minimum absolute atomic E-state index is 0.176. The van der Waals surface area contributed by atoms with E-state index in [-0.39, 0.29) is 5.91 Å². The first-order valence-corrected chi connectivity index (χ1v) is 8.06. The second kappa shape index (κ2) is 7.61. The summed E-state index contributed by atoms with van der Waals surface area (Å²) in [5, 5.41) is 7.08. The van der Waals surface area contributed by atoms with Crippen molar-refractivity contribution < 1.29 is 9.53 Å². The molecule has 0 saturated heterocycles. The highest BCUT2D eigenvalue weighted by atomic mass is 16.5. The Balaban J connectivity index is 1.64. The molecule has 6 heteroatoms. The summed E-state index contributed by atoms with van der Waals surface area (Å²) >= 11 is 0. The van der Waals surface area contributed by atoms with Crippen LogP contribution in [-0.4, -0.2) is 26.8 Å². The SMILES string of the molecule is C[C@H](Oc1ccccc1)C(=O)NCc1cccnc1-c1cnn(C)c1. The van der Waals surface area contributed by atoms with E-state index in [0.29, 0.717) is 12.3 Å². The maximum atomic E-state index is 12.3. The van der Waals surface area contributed by atoms with Crippen LogP contribution in [0, 0.1) is 0 Å². The van der Waals surface area contributed by atoms with Crippen LogP contribution >= 0.6 is 0 Å². The van der Waals surface area contributed by atoms with Gasteiger partial charge in [0.15, 0.2) is 6.10 Å². The van der Waals surface area contributed by atoms with E-state index in [1.807, 2.05) is 55.7 Å². The maximum absolute atomic E-state index is 12.3. The number of amides is 1. The Morgan fingerprint density at radius 3 is 2.76 bits per heavy atom.